The van der Waals surface area contributed by atoms with Gasteiger partial charge in [0.2, 0.25) is 0 Å². The molecule has 2 rings (SSSR count). The van der Waals surface area contributed by atoms with Crippen molar-refractivity contribution in [3.05, 3.63) is 41.5 Å². The van der Waals surface area contributed by atoms with Crippen LogP contribution in [0.15, 0.2) is 30.3 Å². The molecule has 3 nitrogen and oxygen atoms in total. The minimum atomic E-state index is -4.38. The average Bonchev–Trinajstić information content (AvgIpc) is 2.81. The molecule has 1 aliphatic rings. The maximum Gasteiger partial charge on any atom is 0.416 e. The lowest BCUT2D eigenvalue weighted by Crippen LogP contribution is -2.20. The summed E-state index contributed by atoms with van der Waals surface area (Å²) in [7, 11) is 0. The maximum absolute atomic E-state index is 12.4. The van der Waals surface area contributed by atoms with E-state index >= 15 is 0 Å². The number of Topliss-reactive ketones (excluding diaryl/α,β-unsaturated/α-hetero) is 1. The van der Waals surface area contributed by atoms with Crippen LogP contribution in [0.4, 0.5) is 13.2 Å². The second kappa shape index (κ2) is 6.11. The highest BCUT2D eigenvalue weighted by molar-refractivity contribution is 5.91. The number of hydrogen-bond donors (Lipinski definition) is 0. The van der Waals surface area contributed by atoms with Gasteiger partial charge in [-0.15, -0.1) is 0 Å². The quantitative estimate of drug-likeness (QED) is 0.634. The second-order valence-corrected chi connectivity index (χ2v) is 4.74. The monoisotopic (exact) mass is 298 g/mol. The summed E-state index contributed by atoms with van der Waals surface area (Å²) in [6.07, 6.45) is -0.964. The van der Waals surface area contributed by atoms with Gasteiger partial charge in [-0.2, -0.15) is 13.2 Å². The fourth-order valence-electron chi connectivity index (χ4n) is 2.04. The summed E-state index contributed by atoms with van der Waals surface area (Å²) in [6.45, 7) is 0. The Morgan fingerprint density at radius 1 is 1.24 bits per heavy atom. The van der Waals surface area contributed by atoms with Crippen LogP contribution in [-0.4, -0.2) is 17.9 Å². The Morgan fingerprint density at radius 2 is 1.90 bits per heavy atom. The molecule has 0 radical (unpaired) electrons. The van der Waals surface area contributed by atoms with E-state index in [1.54, 1.807) is 0 Å². The number of benzene rings is 1. The number of carbonyl (C=O) groups excluding carboxylic acids is 2. The van der Waals surface area contributed by atoms with Crippen LogP contribution >= 0.6 is 0 Å². The van der Waals surface area contributed by atoms with Crippen molar-refractivity contribution in [2.24, 2.45) is 0 Å². The van der Waals surface area contributed by atoms with Crippen molar-refractivity contribution in [2.75, 3.05) is 0 Å². The summed E-state index contributed by atoms with van der Waals surface area (Å²) in [5.41, 5.74) is -0.309. The molecule has 1 atom stereocenters. The molecular formula is C15H13F3O3. The molecule has 1 aromatic rings. The molecule has 0 bridgehead atoms. The van der Waals surface area contributed by atoms with Crippen LogP contribution in [-0.2, 0) is 20.5 Å². The van der Waals surface area contributed by atoms with Gasteiger partial charge in [0.05, 0.1) is 5.56 Å². The zero-order valence-electron chi connectivity index (χ0n) is 11.0. The molecule has 0 heterocycles. The van der Waals surface area contributed by atoms with E-state index in [0.717, 1.165) is 18.2 Å². The van der Waals surface area contributed by atoms with Crippen molar-refractivity contribution >= 4 is 17.8 Å². The topological polar surface area (TPSA) is 43.4 Å². The van der Waals surface area contributed by atoms with Gasteiger partial charge >= 0.3 is 12.1 Å². The summed E-state index contributed by atoms with van der Waals surface area (Å²) < 4.78 is 42.1. The Kier molecular flexibility index (Phi) is 4.45. The van der Waals surface area contributed by atoms with E-state index < -0.39 is 23.8 Å². The first-order valence-corrected chi connectivity index (χ1v) is 6.45. The summed E-state index contributed by atoms with van der Waals surface area (Å²) >= 11 is 0. The fraction of sp³-hybridized carbons (Fsp3) is 0.333. The lowest BCUT2D eigenvalue weighted by molar-refractivity contribution is -0.148. The Balaban J connectivity index is 1.94. The molecule has 0 aromatic heterocycles. The van der Waals surface area contributed by atoms with Crippen molar-refractivity contribution in [3.8, 4) is 0 Å². The van der Waals surface area contributed by atoms with Gasteiger partial charge in [0, 0.05) is 12.5 Å². The standard InChI is InChI=1S/C15H13F3O3/c16-15(17,18)11-7-4-10(5-8-11)6-9-14(20)21-13-3-1-2-12(13)19/h4-9,13H,1-3H2/b9-6+/t13-/m1/s1. The van der Waals surface area contributed by atoms with Gasteiger partial charge in [0.15, 0.2) is 11.9 Å². The van der Waals surface area contributed by atoms with E-state index in [9.17, 15) is 22.8 Å². The number of ketones is 1. The van der Waals surface area contributed by atoms with Gasteiger partial charge in [0.25, 0.3) is 0 Å². The molecule has 1 aliphatic carbocycles. The van der Waals surface area contributed by atoms with Crippen molar-refractivity contribution in [3.63, 3.8) is 0 Å². The van der Waals surface area contributed by atoms with Gasteiger partial charge in [0.1, 0.15) is 0 Å². The molecular weight excluding hydrogens is 285 g/mol. The molecule has 0 unspecified atom stereocenters. The first-order chi connectivity index (χ1) is 9.86. The Bertz CT molecular complexity index is 559. The van der Waals surface area contributed by atoms with Gasteiger partial charge < -0.3 is 4.74 Å². The third-order valence-electron chi connectivity index (χ3n) is 3.16. The van der Waals surface area contributed by atoms with E-state index in [2.05, 4.69) is 0 Å². The largest absolute Gasteiger partial charge is 0.451 e. The Labute approximate surface area is 119 Å². The van der Waals surface area contributed by atoms with Crippen LogP contribution < -0.4 is 0 Å². The second-order valence-electron chi connectivity index (χ2n) is 4.74. The molecule has 112 valence electrons. The highest BCUT2D eigenvalue weighted by Crippen LogP contribution is 2.29. The molecule has 0 saturated heterocycles. The zero-order valence-corrected chi connectivity index (χ0v) is 11.0. The first kappa shape index (κ1) is 15.3. The number of carbonyl (C=O) groups is 2. The lowest BCUT2D eigenvalue weighted by Gasteiger charge is -2.07. The number of esters is 1. The van der Waals surface area contributed by atoms with E-state index in [1.807, 2.05) is 0 Å². The van der Waals surface area contributed by atoms with Gasteiger partial charge in [-0.05, 0) is 36.6 Å². The molecule has 0 spiro atoms. The highest BCUT2D eigenvalue weighted by Gasteiger charge is 2.30. The summed E-state index contributed by atoms with van der Waals surface area (Å²) in [4.78, 5) is 22.8. The summed E-state index contributed by atoms with van der Waals surface area (Å²) in [5, 5.41) is 0. The lowest BCUT2D eigenvalue weighted by atomic mass is 10.1. The van der Waals surface area contributed by atoms with Crippen LogP contribution in [0.25, 0.3) is 6.08 Å². The maximum atomic E-state index is 12.4. The van der Waals surface area contributed by atoms with Crippen LogP contribution in [0.2, 0.25) is 0 Å². The van der Waals surface area contributed by atoms with Crippen molar-refractivity contribution < 1.29 is 27.5 Å². The van der Waals surface area contributed by atoms with E-state index in [1.165, 1.54) is 18.2 Å². The van der Waals surface area contributed by atoms with Crippen LogP contribution in [0.1, 0.15) is 30.4 Å². The predicted molar refractivity (Wildman–Crippen MR) is 69.2 cm³/mol. The fourth-order valence-corrected chi connectivity index (χ4v) is 2.04. The van der Waals surface area contributed by atoms with Crippen molar-refractivity contribution in [1.82, 2.24) is 0 Å². The normalized spacial score (nSPS) is 19.2. The minimum Gasteiger partial charge on any atom is -0.451 e. The molecule has 0 amide bonds. The number of ether oxygens (including phenoxy) is 1. The summed E-state index contributed by atoms with van der Waals surface area (Å²) in [5.74, 6) is -0.763. The smallest absolute Gasteiger partial charge is 0.416 e. The van der Waals surface area contributed by atoms with Gasteiger partial charge in [-0.25, -0.2) is 4.79 Å². The van der Waals surface area contributed by atoms with Crippen molar-refractivity contribution in [1.29, 1.82) is 0 Å². The predicted octanol–water partition coefficient (Wildman–Crippen LogP) is 3.38. The number of halogens is 3. The molecule has 0 N–H and O–H groups in total. The third-order valence-corrected chi connectivity index (χ3v) is 3.16. The molecule has 1 saturated carbocycles. The number of hydrogen-bond acceptors (Lipinski definition) is 3. The molecule has 0 aliphatic heterocycles. The van der Waals surface area contributed by atoms with Crippen LogP contribution in [0.3, 0.4) is 0 Å². The zero-order chi connectivity index (χ0) is 15.5. The SMILES string of the molecule is O=C(/C=C/c1ccc(C(F)(F)F)cc1)O[C@@H]1CCCC1=O. The Hall–Kier alpha value is -2.11. The highest BCUT2D eigenvalue weighted by atomic mass is 19.4. The molecule has 6 heteroatoms. The minimum absolute atomic E-state index is 0.0914. The van der Waals surface area contributed by atoms with Crippen molar-refractivity contribution in [2.45, 2.75) is 31.5 Å². The van der Waals surface area contributed by atoms with E-state index in [-0.39, 0.29) is 5.78 Å². The van der Waals surface area contributed by atoms with Gasteiger partial charge in [-0.3, -0.25) is 4.79 Å². The van der Waals surface area contributed by atoms with Crippen LogP contribution in [0.5, 0.6) is 0 Å². The Morgan fingerprint density at radius 3 is 2.43 bits per heavy atom. The van der Waals surface area contributed by atoms with Crippen LogP contribution in [0, 0.1) is 0 Å². The molecule has 1 fully saturated rings. The molecule has 21 heavy (non-hydrogen) atoms. The third kappa shape index (κ3) is 4.18. The molecule has 1 aromatic carbocycles. The first-order valence-electron chi connectivity index (χ1n) is 6.45. The van der Waals surface area contributed by atoms with E-state index in [4.69, 9.17) is 4.74 Å². The van der Waals surface area contributed by atoms with Gasteiger partial charge in [-0.1, -0.05) is 12.1 Å². The number of rotatable bonds is 3. The number of alkyl halides is 3. The average molecular weight is 298 g/mol. The van der Waals surface area contributed by atoms with E-state index in [0.29, 0.717) is 24.8 Å². The summed E-state index contributed by atoms with van der Waals surface area (Å²) in [6, 6.07) is 4.39.